The fourth-order valence-corrected chi connectivity index (χ4v) is 5.34. The van der Waals surface area contributed by atoms with Crippen LogP contribution in [0.15, 0.2) is 72.8 Å². The Morgan fingerprint density at radius 1 is 0.643 bits per heavy atom. The zero-order chi connectivity index (χ0) is 29.8. The van der Waals surface area contributed by atoms with Gasteiger partial charge in [0, 0.05) is 55.3 Å². The third kappa shape index (κ3) is 5.50. The highest BCUT2D eigenvalue weighted by molar-refractivity contribution is 5.98. The van der Waals surface area contributed by atoms with Crippen molar-refractivity contribution in [3.05, 3.63) is 89.6 Å². The van der Waals surface area contributed by atoms with Crippen LogP contribution in [0.25, 0.3) is 16.9 Å². The van der Waals surface area contributed by atoms with E-state index in [9.17, 15) is 9.59 Å². The molecule has 9 nitrogen and oxygen atoms in total. The topological polar surface area (TPSA) is 82.5 Å². The highest BCUT2D eigenvalue weighted by Crippen LogP contribution is 2.35. The minimum absolute atomic E-state index is 0.0703. The van der Waals surface area contributed by atoms with Crippen molar-refractivity contribution in [3.63, 3.8) is 0 Å². The molecular weight excluding hydrogens is 534 g/mol. The number of ether oxygens (including phenoxy) is 4. The molecule has 2 heterocycles. The summed E-state index contributed by atoms with van der Waals surface area (Å²) < 4.78 is 23.7. The third-order valence-electron chi connectivity index (χ3n) is 7.62. The lowest BCUT2D eigenvalue weighted by Crippen LogP contribution is -2.50. The second-order valence-electron chi connectivity index (χ2n) is 9.96. The molecule has 1 aliphatic heterocycles. The molecule has 3 aromatic carbocycles. The molecule has 5 rings (SSSR count). The molecule has 218 valence electrons. The molecule has 0 spiro atoms. The van der Waals surface area contributed by atoms with Crippen molar-refractivity contribution in [2.24, 2.45) is 0 Å². The van der Waals surface area contributed by atoms with Crippen LogP contribution in [0.1, 0.15) is 26.4 Å². The van der Waals surface area contributed by atoms with Crippen LogP contribution in [-0.4, -0.2) is 80.8 Å². The summed E-state index contributed by atoms with van der Waals surface area (Å²) in [6.07, 6.45) is 0. The van der Waals surface area contributed by atoms with E-state index in [1.165, 1.54) is 0 Å². The van der Waals surface area contributed by atoms with Gasteiger partial charge in [0.1, 0.15) is 11.5 Å². The molecule has 1 fully saturated rings. The van der Waals surface area contributed by atoms with Gasteiger partial charge in [-0.3, -0.25) is 9.59 Å². The Morgan fingerprint density at radius 2 is 1.24 bits per heavy atom. The molecular formula is C33H35N3O6. The first-order valence-electron chi connectivity index (χ1n) is 13.7. The van der Waals surface area contributed by atoms with Gasteiger partial charge in [-0.2, -0.15) is 0 Å². The first-order chi connectivity index (χ1) is 20.4. The molecule has 1 aliphatic rings. The van der Waals surface area contributed by atoms with E-state index in [1.807, 2.05) is 66.4 Å². The maximum atomic E-state index is 13.9. The summed E-state index contributed by atoms with van der Waals surface area (Å²) in [6.45, 7) is 3.64. The first-order valence-corrected chi connectivity index (χ1v) is 13.7. The molecule has 0 aliphatic carbocycles. The number of nitrogens with zero attached hydrogens (tertiary/aromatic N) is 3. The average molecular weight is 570 g/mol. The highest BCUT2D eigenvalue weighted by Gasteiger charge is 2.29. The van der Waals surface area contributed by atoms with Crippen LogP contribution in [0, 0.1) is 6.92 Å². The maximum Gasteiger partial charge on any atom is 0.255 e. The number of aromatic nitrogens is 1. The minimum Gasteiger partial charge on any atom is -0.497 e. The fourth-order valence-electron chi connectivity index (χ4n) is 5.34. The van der Waals surface area contributed by atoms with Gasteiger partial charge in [0.2, 0.25) is 0 Å². The van der Waals surface area contributed by atoms with Crippen LogP contribution in [0.3, 0.4) is 0 Å². The van der Waals surface area contributed by atoms with Gasteiger partial charge in [-0.25, -0.2) is 0 Å². The Kier molecular flexibility index (Phi) is 8.38. The lowest BCUT2D eigenvalue weighted by atomic mass is 10.1. The van der Waals surface area contributed by atoms with Crippen molar-refractivity contribution in [1.29, 1.82) is 0 Å². The summed E-state index contributed by atoms with van der Waals surface area (Å²) in [4.78, 5) is 30.8. The molecule has 0 saturated carbocycles. The number of carbonyl (C=O) groups excluding carboxylic acids is 2. The molecule has 2 amide bonds. The minimum atomic E-state index is -0.124. The summed E-state index contributed by atoms with van der Waals surface area (Å²) in [5.41, 5.74) is 4.64. The normalized spacial score (nSPS) is 13.1. The van der Waals surface area contributed by atoms with E-state index in [0.29, 0.717) is 60.3 Å². The van der Waals surface area contributed by atoms with Gasteiger partial charge in [0.25, 0.3) is 11.8 Å². The van der Waals surface area contributed by atoms with Gasteiger partial charge in [0.05, 0.1) is 39.7 Å². The van der Waals surface area contributed by atoms with E-state index in [1.54, 1.807) is 51.5 Å². The Bertz CT molecular complexity index is 1570. The van der Waals surface area contributed by atoms with Crippen molar-refractivity contribution in [1.82, 2.24) is 14.4 Å². The SMILES string of the molecule is COc1cc(OC)cc(C(=O)N2CCN(C(=O)c3cc(-c4ccccc4)n(-c4ccc(OC)c(OC)c4)c3C)CC2)c1. The quantitative estimate of drug-likeness (QED) is 0.294. The van der Waals surface area contributed by atoms with Gasteiger partial charge in [0.15, 0.2) is 11.5 Å². The van der Waals surface area contributed by atoms with Gasteiger partial charge >= 0.3 is 0 Å². The van der Waals surface area contributed by atoms with Crippen molar-refractivity contribution >= 4 is 11.8 Å². The van der Waals surface area contributed by atoms with Crippen molar-refractivity contribution < 1.29 is 28.5 Å². The number of benzene rings is 3. The molecule has 9 heteroatoms. The number of methoxy groups -OCH3 is 4. The van der Waals surface area contributed by atoms with E-state index in [4.69, 9.17) is 18.9 Å². The lowest BCUT2D eigenvalue weighted by Gasteiger charge is -2.35. The monoisotopic (exact) mass is 569 g/mol. The van der Waals surface area contributed by atoms with E-state index in [0.717, 1.165) is 22.6 Å². The fraction of sp³-hybridized carbons (Fsp3) is 0.273. The number of hydrogen-bond acceptors (Lipinski definition) is 6. The molecule has 0 unspecified atom stereocenters. The predicted octanol–water partition coefficient (Wildman–Crippen LogP) is 5.09. The van der Waals surface area contributed by atoms with Crippen LogP contribution in [0.2, 0.25) is 0 Å². The molecule has 1 saturated heterocycles. The van der Waals surface area contributed by atoms with Gasteiger partial charge in [-0.15, -0.1) is 0 Å². The number of piperazine rings is 1. The molecule has 0 bridgehead atoms. The Balaban J connectivity index is 1.41. The summed E-state index contributed by atoms with van der Waals surface area (Å²) in [5, 5.41) is 0. The van der Waals surface area contributed by atoms with Crippen LogP contribution in [0.5, 0.6) is 23.0 Å². The van der Waals surface area contributed by atoms with E-state index in [2.05, 4.69) is 4.57 Å². The predicted molar refractivity (Wildman–Crippen MR) is 160 cm³/mol. The molecule has 0 radical (unpaired) electrons. The van der Waals surface area contributed by atoms with Crippen molar-refractivity contribution in [3.8, 4) is 39.9 Å². The molecule has 1 aromatic heterocycles. The zero-order valence-electron chi connectivity index (χ0n) is 24.5. The average Bonchev–Trinajstić information content (AvgIpc) is 3.40. The van der Waals surface area contributed by atoms with Gasteiger partial charge in [-0.1, -0.05) is 30.3 Å². The third-order valence-corrected chi connectivity index (χ3v) is 7.62. The Labute approximate surface area is 245 Å². The summed E-state index contributed by atoms with van der Waals surface area (Å²) in [6, 6.07) is 22.8. The largest absolute Gasteiger partial charge is 0.497 e. The molecule has 4 aromatic rings. The Hall–Kier alpha value is -4.92. The first kappa shape index (κ1) is 28.6. The number of hydrogen-bond donors (Lipinski definition) is 0. The van der Waals surface area contributed by atoms with Crippen LogP contribution in [0.4, 0.5) is 0 Å². The zero-order valence-corrected chi connectivity index (χ0v) is 24.5. The summed E-state index contributed by atoms with van der Waals surface area (Å²) in [7, 11) is 6.31. The van der Waals surface area contributed by atoms with E-state index in [-0.39, 0.29) is 11.8 Å². The second-order valence-corrected chi connectivity index (χ2v) is 9.96. The van der Waals surface area contributed by atoms with Crippen molar-refractivity contribution in [2.45, 2.75) is 6.92 Å². The number of rotatable bonds is 8. The number of amides is 2. The molecule has 0 N–H and O–H groups in total. The Morgan fingerprint density at radius 3 is 1.81 bits per heavy atom. The molecule has 42 heavy (non-hydrogen) atoms. The van der Waals surface area contributed by atoms with Crippen LogP contribution in [-0.2, 0) is 0 Å². The van der Waals surface area contributed by atoms with Crippen LogP contribution < -0.4 is 18.9 Å². The summed E-state index contributed by atoms with van der Waals surface area (Å²) >= 11 is 0. The highest BCUT2D eigenvalue weighted by atomic mass is 16.5. The van der Waals surface area contributed by atoms with Gasteiger partial charge in [-0.05, 0) is 42.8 Å². The molecule has 0 atom stereocenters. The standard InChI is InChI=1S/C33H35N3O6/c1-22-28(21-29(23-9-7-6-8-10-23)36(22)25-11-12-30(41-4)31(19-25)42-5)33(38)35-15-13-34(14-16-35)32(37)24-17-26(39-2)20-27(18-24)40-3/h6-12,17-21H,13-16H2,1-5H3. The van der Waals surface area contributed by atoms with Crippen LogP contribution >= 0.6 is 0 Å². The summed E-state index contributed by atoms with van der Waals surface area (Å²) in [5.74, 6) is 2.14. The lowest BCUT2D eigenvalue weighted by molar-refractivity contribution is 0.0535. The van der Waals surface area contributed by atoms with E-state index >= 15 is 0 Å². The smallest absolute Gasteiger partial charge is 0.255 e. The van der Waals surface area contributed by atoms with E-state index < -0.39 is 0 Å². The second kappa shape index (κ2) is 12.3. The maximum absolute atomic E-state index is 13.9. The van der Waals surface area contributed by atoms with Crippen molar-refractivity contribution in [2.75, 3.05) is 54.6 Å². The number of carbonyl (C=O) groups is 2. The van der Waals surface area contributed by atoms with Gasteiger partial charge < -0.3 is 33.3 Å².